The number of nitrogens with one attached hydrogen (secondary N) is 1. The average molecular weight is 291 g/mol. The minimum Gasteiger partial charge on any atom is -0.366 e. The van der Waals surface area contributed by atoms with Gasteiger partial charge in [-0.2, -0.15) is 0 Å². The number of carbonyl (C=O) groups is 1. The third-order valence-corrected chi connectivity index (χ3v) is 4.44. The van der Waals surface area contributed by atoms with E-state index in [4.69, 9.17) is 0 Å². The van der Waals surface area contributed by atoms with Crippen molar-refractivity contribution in [1.29, 1.82) is 0 Å². The van der Waals surface area contributed by atoms with Gasteiger partial charge in [-0.25, -0.2) is 9.18 Å². The quantitative estimate of drug-likeness (QED) is 0.909. The summed E-state index contributed by atoms with van der Waals surface area (Å²) in [5, 5.41) is 3.11. The first-order valence-corrected chi connectivity index (χ1v) is 7.79. The number of halogens is 1. The second-order valence-electron chi connectivity index (χ2n) is 5.86. The van der Waals surface area contributed by atoms with Crippen molar-refractivity contribution in [2.45, 2.75) is 31.7 Å². The van der Waals surface area contributed by atoms with Crippen LogP contribution < -0.4 is 10.2 Å². The molecule has 2 aliphatic rings. The Labute approximate surface area is 124 Å². The minimum absolute atomic E-state index is 0.0371. The Morgan fingerprint density at radius 3 is 2.43 bits per heavy atom. The highest BCUT2D eigenvalue weighted by atomic mass is 19.1. The van der Waals surface area contributed by atoms with Crippen LogP contribution in [0.1, 0.15) is 25.7 Å². The van der Waals surface area contributed by atoms with Gasteiger partial charge in [-0.05, 0) is 25.0 Å². The molecular weight excluding hydrogens is 269 g/mol. The predicted molar refractivity (Wildman–Crippen MR) is 81.0 cm³/mol. The summed E-state index contributed by atoms with van der Waals surface area (Å²) in [5.74, 6) is -0.193. The molecule has 1 aromatic rings. The molecule has 0 unspecified atom stereocenters. The van der Waals surface area contributed by atoms with Crippen LogP contribution in [0, 0.1) is 5.82 Å². The number of hydrogen-bond acceptors (Lipinski definition) is 2. The molecule has 1 aliphatic heterocycles. The molecule has 0 bridgehead atoms. The zero-order chi connectivity index (χ0) is 14.7. The van der Waals surface area contributed by atoms with Crippen LogP contribution in [0.25, 0.3) is 0 Å². The monoisotopic (exact) mass is 291 g/mol. The topological polar surface area (TPSA) is 35.6 Å². The third-order valence-electron chi connectivity index (χ3n) is 4.44. The fraction of sp³-hybridized carbons (Fsp3) is 0.562. The number of piperazine rings is 1. The van der Waals surface area contributed by atoms with Crippen molar-refractivity contribution in [3.05, 3.63) is 30.1 Å². The van der Waals surface area contributed by atoms with E-state index in [0.29, 0.717) is 37.9 Å². The molecule has 1 saturated heterocycles. The van der Waals surface area contributed by atoms with Crippen LogP contribution in [0.15, 0.2) is 24.3 Å². The number of nitrogens with zero attached hydrogens (tertiary/aromatic N) is 2. The summed E-state index contributed by atoms with van der Waals surface area (Å²) < 4.78 is 13.8. The van der Waals surface area contributed by atoms with E-state index in [2.05, 4.69) is 5.32 Å². The zero-order valence-corrected chi connectivity index (χ0v) is 12.2. The van der Waals surface area contributed by atoms with Crippen molar-refractivity contribution >= 4 is 11.7 Å². The number of carbonyl (C=O) groups excluding carboxylic acids is 1. The predicted octanol–water partition coefficient (Wildman–Crippen LogP) is 2.60. The molecule has 1 heterocycles. The van der Waals surface area contributed by atoms with Crippen molar-refractivity contribution in [1.82, 2.24) is 10.2 Å². The molecule has 2 fully saturated rings. The van der Waals surface area contributed by atoms with Gasteiger partial charge in [0.2, 0.25) is 0 Å². The maximum Gasteiger partial charge on any atom is 0.317 e. The first-order valence-electron chi connectivity index (χ1n) is 7.79. The van der Waals surface area contributed by atoms with Crippen LogP contribution in [-0.2, 0) is 0 Å². The molecule has 1 saturated carbocycles. The molecule has 114 valence electrons. The SMILES string of the molecule is O=C(NC1CCCC1)N1CCN(c2ccccc2F)CC1. The average Bonchev–Trinajstić information content (AvgIpc) is 3.01. The van der Waals surface area contributed by atoms with Crippen LogP contribution in [0.5, 0.6) is 0 Å². The largest absolute Gasteiger partial charge is 0.366 e. The van der Waals surface area contributed by atoms with Gasteiger partial charge >= 0.3 is 6.03 Å². The van der Waals surface area contributed by atoms with E-state index >= 15 is 0 Å². The molecule has 0 atom stereocenters. The number of hydrogen-bond donors (Lipinski definition) is 1. The molecule has 3 rings (SSSR count). The lowest BCUT2D eigenvalue weighted by atomic mass is 10.2. The third kappa shape index (κ3) is 3.28. The van der Waals surface area contributed by atoms with E-state index in [1.807, 2.05) is 15.9 Å². The maximum atomic E-state index is 13.8. The lowest BCUT2D eigenvalue weighted by Gasteiger charge is -2.36. The number of benzene rings is 1. The zero-order valence-electron chi connectivity index (χ0n) is 12.2. The maximum absolute atomic E-state index is 13.8. The number of rotatable bonds is 2. The number of urea groups is 1. The van der Waals surface area contributed by atoms with E-state index in [-0.39, 0.29) is 11.8 Å². The van der Waals surface area contributed by atoms with Crippen LogP contribution >= 0.6 is 0 Å². The molecule has 2 amide bonds. The molecule has 0 radical (unpaired) electrons. The lowest BCUT2D eigenvalue weighted by Crippen LogP contribution is -2.53. The molecule has 1 aromatic carbocycles. The van der Waals surface area contributed by atoms with Gasteiger partial charge in [0.05, 0.1) is 5.69 Å². The van der Waals surface area contributed by atoms with Gasteiger partial charge in [-0.3, -0.25) is 0 Å². The summed E-state index contributed by atoms with van der Waals surface area (Å²) in [6.45, 7) is 2.65. The Kier molecular flexibility index (Phi) is 4.27. The van der Waals surface area contributed by atoms with Crippen molar-refractivity contribution in [2.75, 3.05) is 31.1 Å². The Hall–Kier alpha value is -1.78. The van der Waals surface area contributed by atoms with Gasteiger partial charge in [-0.1, -0.05) is 25.0 Å². The van der Waals surface area contributed by atoms with Gasteiger partial charge in [-0.15, -0.1) is 0 Å². The van der Waals surface area contributed by atoms with E-state index in [0.717, 1.165) is 12.8 Å². The summed E-state index contributed by atoms with van der Waals surface area (Å²) in [7, 11) is 0. The summed E-state index contributed by atoms with van der Waals surface area (Å²) in [5.41, 5.74) is 0.633. The standard InChI is InChI=1S/C16H22FN3O/c17-14-7-3-4-8-15(14)19-9-11-20(12-10-19)16(21)18-13-5-1-2-6-13/h3-4,7-8,13H,1-2,5-6,9-12H2,(H,18,21). The Morgan fingerprint density at radius 2 is 1.76 bits per heavy atom. The molecule has 0 spiro atoms. The molecule has 4 nitrogen and oxygen atoms in total. The smallest absolute Gasteiger partial charge is 0.317 e. The minimum atomic E-state index is -0.193. The van der Waals surface area contributed by atoms with Crippen molar-refractivity contribution < 1.29 is 9.18 Å². The molecule has 21 heavy (non-hydrogen) atoms. The van der Waals surface area contributed by atoms with Gasteiger partial charge in [0, 0.05) is 32.2 Å². The van der Waals surface area contributed by atoms with Gasteiger partial charge in [0.25, 0.3) is 0 Å². The molecule has 5 heteroatoms. The molecule has 0 aromatic heterocycles. The number of amides is 2. The fourth-order valence-electron chi connectivity index (χ4n) is 3.19. The van der Waals surface area contributed by atoms with Crippen LogP contribution in [0.2, 0.25) is 0 Å². The van der Waals surface area contributed by atoms with Crippen LogP contribution in [0.3, 0.4) is 0 Å². The number of anilines is 1. The van der Waals surface area contributed by atoms with Gasteiger partial charge in [0.1, 0.15) is 5.82 Å². The highest BCUT2D eigenvalue weighted by Crippen LogP contribution is 2.21. The number of para-hydroxylation sites is 1. The summed E-state index contributed by atoms with van der Waals surface area (Å²) >= 11 is 0. The summed E-state index contributed by atoms with van der Waals surface area (Å²) in [6.07, 6.45) is 4.62. The van der Waals surface area contributed by atoms with Crippen LogP contribution in [-0.4, -0.2) is 43.2 Å². The summed E-state index contributed by atoms with van der Waals surface area (Å²) in [6, 6.07) is 7.21. The van der Waals surface area contributed by atoms with E-state index in [1.165, 1.54) is 18.9 Å². The molecule has 1 aliphatic carbocycles. The Morgan fingerprint density at radius 1 is 1.10 bits per heavy atom. The Bertz CT molecular complexity index is 494. The first kappa shape index (κ1) is 14.2. The van der Waals surface area contributed by atoms with E-state index in [1.54, 1.807) is 12.1 Å². The fourth-order valence-corrected chi connectivity index (χ4v) is 3.19. The second-order valence-corrected chi connectivity index (χ2v) is 5.86. The normalized spacial score (nSPS) is 19.9. The van der Waals surface area contributed by atoms with Gasteiger partial charge < -0.3 is 15.1 Å². The van der Waals surface area contributed by atoms with Crippen molar-refractivity contribution in [3.63, 3.8) is 0 Å². The van der Waals surface area contributed by atoms with Crippen LogP contribution in [0.4, 0.5) is 14.9 Å². The van der Waals surface area contributed by atoms with E-state index in [9.17, 15) is 9.18 Å². The van der Waals surface area contributed by atoms with Crippen molar-refractivity contribution in [3.8, 4) is 0 Å². The van der Waals surface area contributed by atoms with Crippen molar-refractivity contribution in [2.24, 2.45) is 0 Å². The highest BCUT2D eigenvalue weighted by molar-refractivity contribution is 5.75. The molecular formula is C16H22FN3O. The second kappa shape index (κ2) is 6.33. The lowest BCUT2D eigenvalue weighted by molar-refractivity contribution is 0.190. The summed E-state index contributed by atoms with van der Waals surface area (Å²) in [4.78, 5) is 16.0. The molecule has 1 N–H and O–H groups in total. The van der Waals surface area contributed by atoms with Gasteiger partial charge in [0.15, 0.2) is 0 Å². The first-order chi connectivity index (χ1) is 10.2. The van der Waals surface area contributed by atoms with E-state index < -0.39 is 0 Å². The Balaban J connectivity index is 1.52. The highest BCUT2D eigenvalue weighted by Gasteiger charge is 2.25.